The van der Waals surface area contributed by atoms with E-state index in [1.165, 1.54) is 12.1 Å². The van der Waals surface area contributed by atoms with Gasteiger partial charge in [0.2, 0.25) is 0 Å². The van der Waals surface area contributed by atoms with Gasteiger partial charge in [-0.25, -0.2) is 13.4 Å². The fourth-order valence-electron chi connectivity index (χ4n) is 2.29. The number of sulfonamides is 1. The van der Waals surface area contributed by atoms with Crippen LogP contribution >= 0.6 is 34.5 Å². The number of rotatable bonds is 3. The Morgan fingerprint density at radius 2 is 2.04 bits per heavy atom. The Morgan fingerprint density at radius 3 is 2.79 bits per heavy atom. The van der Waals surface area contributed by atoms with E-state index in [0.29, 0.717) is 34.1 Å². The highest BCUT2D eigenvalue weighted by molar-refractivity contribution is 7.93. The van der Waals surface area contributed by atoms with E-state index in [1.54, 1.807) is 6.92 Å². The van der Waals surface area contributed by atoms with Crippen molar-refractivity contribution in [2.75, 3.05) is 11.3 Å². The van der Waals surface area contributed by atoms with Crippen LogP contribution in [0.15, 0.2) is 17.0 Å². The van der Waals surface area contributed by atoms with Gasteiger partial charge in [-0.15, -0.1) is 0 Å². The summed E-state index contributed by atoms with van der Waals surface area (Å²) < 4.78 is 27.5. The van der Waals surface area contributed by atoms with Crippen LogP contribution in [0.1, 0.15) is 27.3 Å². The minimum absolute atomic E-state index is 0.0222. The van der Waals surface area contributed by atoms with Gasteiger partial charge in [0.05, 0.1) is 10.7 Å². The first-order valence-corrected chi connectivity index (χ1v) is 10.1. The molecule has 24 heavy (non-hydrogen) atoms. The van der Waals surface area contributed by atoms with Crippen molar-refractivity contribution in [3.05, 3.63) is 38.3 Å². The normalized spacial score (nSPS) is 14.7. The van der Waals surface area contributed by atoms with Crippen molar-refractivity contribution < 1.29 is 13.2 Å². The molecular formula is C14H13Cl2N3O3S2. The zero-order chi connectivity index (χ0) is 17.5. The van der Waals surface area contributed by atoms with Gasteiger partial charge in [-0.3, -0.25) is 9.52 Å². The number of aryl methyl sites for hydroxylation is 2. The maximum Gasteiger partial charge on any atom is 0.265 e. The number of hydrogen-bond donors (Lipinski definition) is 2. The van der Waals surface area contributed by atoms with E-state index < -0.39 is 10.0 Å². The largest absolute Gasteiger partial charge is 0.351 e. The number of nitrogens with zero attached hydrogens (tertiary/aromatic N) is 1. The van der Waals surface area contributed by atoms with Crippen LogP contribution in [0.2, 0.25) is 10.0 Å². The van der Waals surface area contributed by atoms with Gasteiger partial charge in [0, 0.05) is 11.6 Å². The molecule has 2 aromatic rings. The van der Waals surface area contributed by atoms with Crippen LogP contribution in [-0.4, -0.2) is 25.9 Å². The SMILES string of the molecule is Cc1cc(S(=O)(=O)Nc2nc3c(s2)C(=O)NCCC3)c(Cl)cc1Cl. The van der Waals surface area contributed by atoms with E-state index in [-0.39, 0.29) is 21.0 Å². The Bertz CT molecular complexity index is 926. The number of carbonyl (C=O) groups excluding carboxylic acids is 1. The highest BCUT2D eigenvalue weighted by Crippen LogP contribution is 2.31. The number of anilines is 1. The maximum atomic E-state index is 12.6. The first-order valence-electron chi connectivity index (χ1n) is 7.04. The monoisotopic (exact) mass is 405 g/mol. The van der Waals surface area contributed by atoms with Crippen molar-refractivity contribution in [3.8, 4) is 0 Å². The first kappa shape index (κ1) is 17.5. The lowest BCUT2D eigenvalue weighted by molar-refractivity contribution is 0.0960. The first-order chi connectivity index (χ1) is 11.3. The molecule has 1 aliphatic heterocycles. The van der Waals surface area contributed by atoms with Gasteiger partial charge >= 0.3 is 0 Å². The molecule has 2 heterocycles. The number of thiazole rings is 1. The summed E-state index contributed by atoms with van der Waals surface area (Å²) in [5.74, 6) is -0.231. The Kier molecular flexibility index (Phi) is 4.74. The molecule has 0 radical (unpaired) electrons. The number of carbonyl (C=O) groups is 1. The molecule has 0 saturated heterocycles. The van der Waals surface area contributed by atoms with E-state index in [9.17, 15) is 13.2 Å². The number of hydrogen-bond acceptors (Lipinski definition) is 5. The highest BCUT2D eigenvalue weighted by Gasteiger charge is 2.25. The molecule has 1 aliphatic rings. The summed E-state index contributed by atoms with van der Waals surface area (Å²) in [6.45, 7) is 2.27. The predicted octanol–water partition coefficient (Wildman–Crippen LogP) is 3.24. The van der Waals surface area contributed by atoms with E-state index in [2.05, 4.69) is 15.0 Å². The number of halogens is 2. The molecule has 0 atom stereocenters. The molecule has 0 bridgehead atoms. The van der Waals surface area contributed by atoms with E-state index in [4.69, 9.17) is 23.2 Å². The number of amides is 1. The average molecular weight is 406 g/mol. The number of aromatic nitrogens is 1. The second kappa shape index (κ2) is 6.51. The lowest BCUT2D eigenvalue weighted by Crippen LogP contribution is -2.21. The summed E-state index contributed by atoms with van der Waals surface area (Å²) in [7, 11) is -3.93. The molecule has 128 valence electrons. The van der Waals surface area contributed by atoms with E-state index in [0.717, 1.165) is 17.8 Å². The Morgan fingerprint density at radius 1 is 1.29 bits per heavy atom. The summed E-state index contributed by atoms with van der Waals surface area (Å²) >= 11 is 13.0. The molecule has 0 aliphatic carbocycles. The van der Waals surface area contributed by atoms with Gasteiger partial charge < -0.3 is 5.32 Å². The summed E-state index contributed by atoms with van der Waals surface area (Å²) in [5, 5.41) is 3.30. The van der Waals surface area contributed by atoms with Crippen molar-refractivity contribution in [1.82, 2.24) is 10.3 Å². The molecule has 10 heteroatoms. The topological polar surface area (TPSA) is 88.2 Å². The third-order valence-electron chi connectivity index (χ3n) is 3.50. The minimum atomic E-state index is -3.93. The van der Waals surface area contributed by atoms with Crippen molar-refractivity contribution in [1.29, 1.82) is 0 Å². The third kappa shape index (κ3) is 3.37. The number of benzene rings is 1. The van der Waals surface area contributed by atoms with Gasteiger partial charge in [-0.2, -0.15) is 0 Å². The van der Waals surface area contributed by atoms with Gasteiger partial charge in [0.25, 0.3) is 15.9 Å². The van der Waals surface area contributed by atoms with Gasteiger partial charge in [0.15, 0.2) is 5.13 Å². The molecule has 3 rings (SSSR count). The summed E-state index contributed by atoms with van der Waals surface area (Å²) in [6.07, 6.45) is 1.38. The number of nitrogens with one attached hydrogen (secondary N) is 2. The molecule has 1 aromatic carbocycles. The average Bonchev–Trinajstić information content (AvgIpc) is 2.81. The molecule has 0 saturated carbocycles. The highest BCUT2D eigenvalue weighted by atomic mass is 35.5. The molecule has 1 amide bonds. The zero-order valence-corrected chi connectivity index (χ0v) is 15.7. The van der Waals surface area contributed by atoms with Crippen molar-refractivity contribution in [2.24, 2.45) is 0 Å². The molecule has 0 fully saturated rings. The zero-order valence-electron chi connectivity index (χ0n) is 12.5. The smallest absolute Gasteiger partial charge is 0.265 e. The molecule has 0 unspecified atom stereocenters. The Hall–Kier alpha value is -1.35. The van der Waals surface area contributed by atoms with Crippen molar-refractivity contribution in [3.63, 3.8) is 0 Å². The van der Waals surface area contributed by atoms with E-state index >= 15 is 0 Å². The van der Waals surface area contributed by atoms with Crippen LogP contribution in [0.25, 0.3) is 0 Å². The number of fused-ring (bicyclic) bond motifs is 1. The third-order valence-corrected chi connectivity index (χ3v) is 6.86. The maximum absolute atomic E-state index is 12.6. The van der Waals surface area contributed by atoms with Gasteiger partial charge in [-0.1, -0.05) is 34.5 Å². The summed E-state index contributed by atoms with van der Waals surface area (Å²) in [4.78, 5) is 16.5. The fraction of sp³-hybridized carbons (Fsp3) is 0.286. The summed E-state index contributed by atoms with van der Waals surface area (Å²) in [5.41, 5.74) is 1.20. The van der Waals surface area contributed by atoms with Crippen LogP contribution in [0.4, 0.5) is 5.13 Å². The summed E-state index contributed by atoms with van der Waals surface area (Å²) in [6, 6.07) is 2.79. The predicted molar refractivity (Wildman–Crippen MR) is 94.8 cm³/mol. The standard InChI is InChI=1S/C14H13Cl2N3O3S2/c1-7-5-11(9(16)6-8(7)15)24(21,22)19-14-18-10-3-2-4-17-13(20)12(10)23-14/h5-6H,2-4H2,1H3,(H,17,20)(H,18,19). The second-order valence-corrected chi connectivity index (χ2v) is 8.76. The lowest BCUT2D eigenvalue weighted by atomic mass is 10.2. The molecule has 6 nitrogen and oxygen atoms in total. The van der Waals surface area contributed by atoms with Gasteiger partial charge in [-0.05, 0) is 37.5 Å². The van der Waals surface area contributed by atoms with Crippen LogP contribution in [-0.2, 0) is 16.4 Å². The fourth-order valence-corrected chi connectivity index (χ4v) is 5.28. The minimum Gasteiger partial charge on any atom is -0.351 e. The van der Waals surface area contributed by atoms with Crippen LogP contribution in [0, 0.1) is 6.92 Å². The quantitative estimate of drug-likeness (QED) is 0.819. The molecular weight excluding hydrogens is 393 g/mol. The molecule has 0 spiro atoms. The molecule has 1 aromatic heterocycles. The van der Waals surface area contributed by atoms with Crippen LogP contribution in [0.5, 0.6) is 0 Å². The Balaban J connectivity index is 1.95. The lowest BCUT2D eigenvalue weighted by Gasteiger charge is -2.09. The van der Waals surface area contributed by atoms with Crippen LogP contribution in [0.3, 0.4) is 0 Å². The van der Waals surface area contributed by atoms with Crippen molar-refractivity contribution in [2.45, 2.75) is 24.7 Å². The van der Waals surface area contributed by atoms with E-state index in [1.807, 2.05) is 0 Å². The van der Waals surface area contributed by atoms with Gasteiger partial charge in [0.1, 0.15) is 9.77 Å². The van der Waals surface area contributed by atoms with Crippen molar-refractivity contribution >= 4 is 55.6 Å². The molecule has 2 N–H and O–H groups in total. The Labute approximate surface area is 153 Å². The van der Waals surface area contributed by atoms with Crippen LogP contribution < -0.4 is 10.0 Å². The second-order valence-electron chi connectivity index (χ2n) is 5.29.